The summed E-state index contributed by atoms with van der Waals surface area (Å²) in [4.78, 5) is 14.2. The molecule has 0 bridgehead atoms. The molecule has 0 radical (unpaired) electrons. The molecule has 92 valence electrons. The highest BCUT2D eigenvalue weighted by Crippen LogP contribution is 2.22. The van der Waals surface area contributed by atoms with Gasteiger partial charge in [-0.2, -0.15) is 0 Å². The minimum atomic E-state index is 0.0186. The summed E-state index contributed by atoms with van der Waals surface area (Å²) in [5.74, 6) is 0.160. The Kier molecular flexibility index (Phi) is 4.05. The topological polar surface area (TPSA) is 40.5 Å². The van der Waals surface area contributed by atoms with Gasteiger partial charge in [-0.05, 0) is 37.5 Å². The SMILES string of the molecule is O=C(c1cccc(O)c1)N1CCCCC1CBr. The molecule has 0 aromatic heterocycles. The average molecular weight is 298 g/mol. The second kappa shape index (κ2) is 5.54. The van der Waals surface area contributed by atoms with Crippen LogP contribution in [-0.4, -0.2) is 33.8 Å². The highest BCUT2D eigenvalue weighted by Gasteiger charge is 2.26. The number of hydrogen-bond donors (Lipinski definition) is 1. The van der Waals surface area contributed by atoms with Crippen molar-refractivity contribution in [2.45, 2.75) is 25.3 Å². The molecule has 0 saturated carbocycles. The van der Waals surface area contributed by atoms with Gasteiger partial charge in [0.2, 0.25) is 0 Å². The van der Waals surface area contributed by atoms with Crippen LogP contribution in [0.15, 0.2) is 24.3 Å². The molecule has 1 aromatic carbocycles. The molecule has 1 atom stereocenters. The van der Waals surface area contributed by atoms with E-state index in [1.54, 1.807) is 18.2 Å². The number of aromatic hydroxyl groups is 1. The first-order chi connectivity index (χ1) is 8.22. The van der Waals surface area contributed by atoms with Gasteiger partial charge in [0.15, 0.2) is 0 Å². The second-order valence-electron chi connectivity index (χ2n) is 4.35. The minimum Gasteiger partial charge on any atom is -0.508 e. The van der Waals surface area contributed by atoms with E-state index in [4.69, 9.17) is 0 Å². The van der Waals surface area contributed by atoms with E-state index < -0.39 is 0 Å². The van der Waals surface area contributed by atoms with Crippen LogP contribution in [0.3, 0.4) is 0 Å². The van der Waals surface area contributed by atoms with Gasteiger partial charge in [0.05, 0.1) is 0 Å². The van der Waals surface area contributed by atoms with Crippen LogP contribution in [0, 0.1) is 0 Å². The molecule has 0 spiro atoms. The lowest BCUT2D eigenvalue weighted by Crippen LogP contribution is -2.44. The molecule has 1 aliphatic rings. The largest absolute Gasteiger partial charge is 0.508 e. The van der Waals surface area contributed by atoms with E-state index in [2.05, 4.69) is 15.9 Å². The van der Waals surface area contributed by atoms with Crippen molar-refractivity contribution in [3.8, 4) is 5.75 Å². The molecule has 1 amide bonds. The zero-order valence-corrected chi connectivity index (χ0v) is 11.2. The number of amides is 1. The Morgan fingerprint density at radius 2 is 2.29 bits per heavy atom. The predicted octanol–water partition coefficient (Wildman–Crippen LogP) is 2.78. The zero-order valence-electron chi connectivity index (χ0n) is 9.60. The van der Waals surface area contributed by atoms with Gasteiger partial charge in [-0.3, -0.25) is 4.79 Å². The van der Waals surface area contributed by atoms with Crippen molar-refractivity contribution in [3.05, 3.63) is 29.8 Å². The first kappa shape index (κ1) is 12.4. The van der Waals surface area contributed by atoms with E-state index in [0.29, 0.717) is 5.56 Å². The van der Waals surface area contributed by atoms with E-state index in [1.807, 2.05) is 4.90 Å². The highest BCUT2D eigenvalue weighted by atomic mass is 79.9. The summed E-state index contributed by atoms with van der Waals surface area (Å²) in [6.07, 6.45) is 3.30. The summed E-state index contributed by atoms with van der Waals surface area (Å²) in [6, 6.07) is 6.84. The van der Waals surface area contributed by atoms with Gasteiger partial charge in [0.25, 0.3) is 5.91 Å². The standard InChI is InChI=1S/C13H16BrNO2/c14-9-11-5-1-2-7-15(11)13(17)10-4-3-6-12(16)8-10/h3-4,6,8,11,16H,1-2,5,7,9H2. The second-order valence-corrected chi connectivity index (χ2v) is 5.00. The predicted molar refractivity (Wildman–Crippen MR) is 70.6 cm³/mol. The lowest BCUT2D eigenvalue weighted by Gasteiger charge is -2.34. The van der Waals surface area contributed by atoms with Crippen molar-refractivity contribution in [1.82, 2.24) is 4.90 Å². The molecule has 17 heavy (non-hydrogen) atoms. The molecular weight excluding hydrogens is 282 g/mol. The number of halogens is 1. The van der Waals surface area contributed by atoms with Gasteiger partial charge in [-0.25, -0.2) is 0 Å². The molecule has 1 unspecified atom stereocenters. The molecule has 1 saturated heterocycles. The number of carbonyl (C=O) groups excluding carboxylic acids is 1. The average Bonchev–Trinajstić information content (AvgIpc) is 2.38. The first-order valence-electron chi connectivity index (χ1n) is 5.88. The van der Waals surface area contributed by atoms with Crippen LogP contribution < -0.4 is 0 Å². The Bertz CT molecular complexity index is 408. The van der Waals surface area contributed by atoms with Crippen molar-refractivity contribution < 1.29 is 9.90 Å². The Balaban J connectivity index is 2.18. The summed E-state index contributed by atoms with van der Waals surface area (Å²) >= 11 is 3.46. The molecule has 3 nitrogen and oxygen atoms in total. The van der Waals surface area contributed by atoms with Crippen molar-refractivity contribution >= 4 is 21.8 Å². The quantitative estimate of drug-likeness (QED) is 0.853. The van der Waals surface area contributed by atoms with Gasteiger partial charge < -0.3 is 10.0 Å². The fourth-order valence-corrected chi connectivity index (χ4v) is 2.91. The number of benzene rings is 1. The maximum Gasteiger partial charge on any atom is 0.254 e. The van der Waals surface area contributed by atoms with Crippen molar-refractivity contribution in [2.24, 2.45) is 0 Å². The van der Waals surface area contributed by atoms with E-state index >= 15 is 0 Å². The third kappa shape index (κ3) is 2.80. The lowest BCUT2D eigenvalue weighted by molar-refractivity contribution is 0.0641. The summed E-state index contributed by atoms with van der Waals surface area (Å²) in [6.45, 7) is 0.810. The lowest BCUT2D eigenvalue weighted by atomic mass is 10.0. The molecule has 0 aliphatic carbocycles. The van der Waals surface area contributed by atoms with Crippen LogP contribution in [0.5, 0.6) is 5.75 Å². The third-order valence-corrected chi connectivity index (χ3v) is 3.91. The number of phenolic OH excluding ortho intramolecular Hbond substituents is 1. The molecule has 1 fully saturated rings. The van der Waals surface area contributed by atoms with E-state index in [0.717, 1.165) is 24.7 Å². The summed E-state index contributed by atoms with van der Waals surface area (Å²) in [5, 5.41) is 10.2. The number of carbonyl (C=O) groups is 1. The van der Waals surface area contributed by atoms with Crippen LogP contribution in [0.25, 0.3) is 0 Å². The number of phenols is 1. The van der Waals surface area contributed by atoms with Crippen LogP contribution in [0.1, 0.15) is 29.6 Å². The normalized spacial score (nSPS) is 20.3. The Morgan fingerprint density at radius 1 is 1.47 bits per heavy atom. The van der Waals surface area contributed by atoms with Gasteiger partial charge in [0, 0.05) is 23.5 Å². The van der Waals surface area contributed by atoms with Crippen LogP contribution in [0.2, 0.25) is 0 Å². The number of hydrogen-bond acceptors (Lipinski definition) is 2. The number of piperidine rings is 1. The molecule has 4 heteroatoms. The molecule has 1 aliphatic heterocycles. The van der Waals surface area contributed by atoms with Crippen molar-refractivity contribution in [1.29, 1.82) is 0 Å². The molecule has 2 rings (SSSR count). The summed E-state index contributed by atoms with van der Waals surface area (Å²) < 4.78 is 0. The number of likely N-dealkylation sites (tertiary alicyclic amines) is 1. The maximum absolute atomic E-state index is 12.3. The van der Waals surface area contributed by atoms with E-state index in [-0.39, 0.29) is 17.7 Å². The van der Waals surface area contributed by atoms with Crippen LogP contribution in [0.4, 0.5) is 0 Å². The monoisotopic (exact) mass is 297 g/mol. The Hall–Kier alpha value is -1.03. The zero-order chi connectivity index (χ0) is 12.3. The van der Waals surface area contributed by atoms with Gasteiger partial charge in [-0.15, -0.1) is 0 Å². The fourth-order valence-electron chi connectivity index (χ4n) is 2.23. The molecular formula is C13H16BrNO2. The summed E-state index contributed by atoms with van der Waals surface area (Å²) in [5.41, 5.74) is 0.567. The minimum absolute atomic E-state index is 0.0186. The highest BCUT2D eigenvalue weighted by molar-refractivity contribution is 9.09. The summed E-state index contributed by atoms with van der Waals surface area (Å²) in [7, 11) is 0. The number of rotatable bonds is 2. The Labute approximate surface area is 110 Å². The third-order valence-electron chi connectivity index (χ3n) is 3.16. The van der Waals surface area contributed by atoms with E-state index in [9.17, 15) is 9.90 Å². The molecule has 1 N–H and O–H groups in total. The van der Waals surface area contributed by atoms with Crippen molar-refractivity contribution in [3.63, 3.8) is 0 Å². The molecule has 1 heterocycles. The van der Waals surface area contributed by atoms with Gasteiger partial charge in [-0.1, -0.05) is 22.0 Å². The van der Waals surface area contributed by atoms with Crippen molar-refractivity contribution in [2.75, 3.05) is 11.9 Å². The smallest absolute Gasteiger partial charge is 0.254 e. The number of nitrogens with zero attached hydrogens (tertiary/aromatic N) is 1. The maximum atomic E-state index is 12.3. The fraction of sp³-hybridized carbons (Fsp3) is 0.462. The number of alkyl halides is 1. The van der Waals surface area contributed by atoms with Crippen LogP contribution in [-0.2, 0) is 0 Å². The van der Waals surface area contributed by atoms with E-state index in [1.165, 1.54) is 12.5 Å². The van der Waals surface area contributed by atoms with Gasteiger partial charge >= 0.3 is 0 Å². The first-order valence-corrected chi connectivity index (χ1v) is 7.00. The Morgan fingerprint density at radius 3 is 3.00 bits per heavy atom. The molecule has 1 aromatic rings. The van der Waals surface area contributed by atoms with Gasteiger partial charge in [0.1, 0.15) is 5.75 Å². The van der Waals surface area contributed by atoms with Crippen LogP contribution >= 0.6 is 15.9 Å².